The van der Waals surface area contributed by atoms with Crippen molar-refractivity contribution >= 4 is 51.9 Å². The molecule has 5 aromatic rings. The van der Waals surface area contributed by atoms with E-state index in [2.05, 4.69) is 132 Å². The molecule has 0 unspecified atom stereocenters. The van der Waals surface area contributed by atoms with Gasteiger partial charge in [-0.1, -0.05) is 60.7 Å². The zero-order valence-corrected chi connectivity index (χ0v) is 18.5. The van der Waals surface area contributed by atoms with Gasteiger partial charge in [0.05, 0.1) is 0 Å². The predicted molar refractivity (Wildman–Crippen MR) is 138 cm³/mol. The fraction of sp³-hybridized carbons (Fsp3) is 0. The van der Waals surface area contributed by atoms with E-state index >= 15 is 0 Å². The van der Waals surface area contributed by atoms with Crippen molar-refractivity contribution in [1.82, 2.24) is 0 Å². The third-order valence-electron chi connectivity index (χ3n) is 5.01. The zero-order valence-electron chi connectivity index (χ0n) is 16.9. The average molecular weight is 436 g/mol. The molecule has 0 saturated heterocycles. The first-order chi connectivity index (χ1) is 15.4. The summed E-state index contributed by atoms with van der Waals surface area (Å²) >= 11 is 3.61. The molecule has 3 aromatic carbocycles. The van der Waals surface area contributed by atoms with Crippen molar-refractivity contribution < 1.29 is 0 Å². The Bertz CT molecular complexity index is 1210. The van der Waals surface area contributed by atoms with Gasteiger partial charge in [-0.15, -0.1) is 22.7 Å². The molecule has 3 heteroatoms. The maximum Gasteiger partial charge on any atom is 0.0462 e. The Kier molecular flexibility index (Phi) is 5.79. The van der Waals surface area contributed by atoms with E-state index in [1.165, 1.54) is 20.2 Å². The van der Waals surface area contributed by atoms with Gasteiger partial charge >= 0.3 is 0 Å². The fourth-order valence-corrected chi connectivity index (χ4v) is 5.25. The van der Waals surface area contributed by atoms with Crippen LogP contribution in [0, 0.1) is 0 Å². The zero-order chi connectivity index (χ0) is 20.9. The summed E-state index contributed by atoms with van der Waals surface area (Å²) in [4.78, 5) is 6.20. The number of thiophene rings is 2. The first-order valence-electron chi connectivity index (χ1n) is 10.2. The van der Waals surface area contributed by atoms with Gasteiger partial charge in [0.15, 0.2) is 0 Å². The van der Waals surface area contributed by atoms with Gasteiger partial charge in [0.2, 0.25) is 0 Å². The first kappa shape index (κ1) is 19.6. The summed E-state index contributed by atoms with van der Waals surface area (Å²) < 4.78 is 0. The minimum atomic E-state index is 1.14. The van der Waals surface area contributed by atoms with E-state index in [0.29, 0.717) is 0 Å². The molecule has 31 heavy (non-hydrogen) atoms. The summed E-state index contributed by atoms with van der Waals surface area (Å²) in [5, 5.41) is 2.13. The van der Waals surface area contributed by atoms with E-state index in [9.17, 15) is 0 Å². The quantitative estimate of drug-likeness (QED) is 0.257. The lowest BCUT2D eigenvalue weighted by Crippen LogP contribution is -2.09. The standard InChI is InChI=1S/C28H21NS2/c1-3-8-23(9-4-1)29(24-10-5-2-6-11-24)25-16-13-22(14-17-25)15-18-26-19-20-28(31-26)27-12-7-21-30-27/h1-21H/b18-15+. The normalized spacial score (nSPS) is 11.1. The molecule has 1 nitrogen and oxygen atoms in total. The molecule has 0 bridgehead atoms. The summed E-state index contributed by atoms with van der Waals surface area (Å²) in [7, 11) is 0. The number of rotatable bonds is 6. The van der Waals surface area contributed by atoms with Crippen LogP contribution in [0.3, 0.4) is 0 Å². The van der Waals surface area contributed by atoms with Crippen LogP contribution in [0.15, 0.2) is 115 Å². The Labute approximate surface area is 191 Å². The monoisotopic (exact) mass is 435 g/mol. The topological polar surface area (TPSA) is 3.24 Å². The highest BCUT2D eigenvalue weighted by Crippen LogP contribution is 2.35. The van der Waals surface area contributed by atoms with Crippen LogP contribution < -0.4 is 4.90 Å². The number of benzene rings is 3. The highest BCUT2D eigenvalue weighted by Gasteiger charge is 2.11. The molecule has 0 N–H and O–H groups in total. The summed E-state index contributed by atoms with van der Waals surface area (Å²) in [5.74, 6) is 0. The highest BCUT2D eigenvalue weighted by atomic mass is 32.1. The SMILES string of the molecule is C(=C\c1ccc(-c2cccs2)s1)/c1ccc(N(c2ccccc2)c2ccccc2)cc1. The molecule has 0 atom stereocenters. The van der Waals surface area contributed by atoms with Crippen LogP contribution >= 0.6 is 22.7 Å². The van der Waals surface area contributed by atoms with Crippen molar-refractivity contribution in [3.8, 4) is 9.75 Å². The largest absolute Gasteiger partial charge is 0.311 e. The molecule has 0 spiro atoms. The predicted octanol–water partition coefficient (Wildman–Crippen LogP) is 9.12. The Morgan fingerprint density at radius 3 is 1.77 bits per heavy atom. The number of para-hydroxylation sites is 2. The molecule has 0 saturated carbocycles. The Morgan fingerprint density at radius 1 is 0.516 bits per heavy atom. The van der Waals surface area contributed by atoms with Crippen molar-refractivity contribution in [2.75, 3.05) is 4.90 Å². The lowest BCUT2D eigenvalue weighted by atomic mass is 10.1. The number of anilines is 3. The van der Waals surface area contributed by atoms with Crippen molar-refractivity contribution in [3.63, 3.8) is 0 Å². The second-order valence-corrected chi connectivity index (χ2v) is 9.17. The molecule has 150 valence electrons. The number of nitrogens with zero attached hydrogens (tertiary/aromatic N) is 1. The van der Waals surface area contributed by atoms with Crippen LogP contribution in [0.4, 0.5) is 17.1 Å². The van der Waals surface area contributed by atoms with Crippen molar-refractivity contribution in [1.29, 1.82) is 0 Å². The first-order valence-corrected chi connectivity index (χ1v) is 11.9. The van der Waals surface area contributed by atoms with Gasteiger partial charge in [-0.05, 0) is 71.6 Å². The maximum atomic E-state index is 2.28. The van der Waals surface area contributed by atoms with E-state index in [1.54, 1.807) is 11.3 Å². The maximum absolute atomic E-state index is 2.28. The molecule has 0 radical (unpaired) electrons. The van der Waals surface area contributed by atoms with E-state index in [-0.39, 0.29) is 0 Å². The minimum Gasteiger partial charge on any atom is -0.311 e. The molecule has 0 aliphatic heterocycles. The van der Waals surface area contributed by atoms with Crippen LogP contribution in [0.5, 0.6) is 0 Å². The lowest BCUT2D eigenvalue weighted by Gasteiger charge is -2.25. The van der Waals surface area contributed by atoms with Gasteiger partial charge in [0.25, 0.3) is 0 Å². The average Bonchev–Trinajstić information content (AvgIpc) is 3.52. The third kappa shape index (κ3) is 4.53. The Hall–Kier alpha value is -3.40. The summed E-state index contributed by atoms with van der Waals surface area (Å²) in [5.41, 5.74) is 4.63. The van der Waals surface area contributed by atoms with Crippen LogP contribution in [0.2, 0.25) is 0 Å². The van der Waals surface area contributed by atoms with Gasteiger partial charge in [-0.2, -0.15) is 0 Å². The molecule has 2 aromatic heterocycles. The second-order valence-electron chi connectivity index (χ2n) is 7.11. The van der Waals surface area contributed by atoms with E-state index < -0.39 is 0 Å². The molecule has 5 rings (SSSR count). The van der Waals surface area contributed by atoms with Crippen LogP contribution in [-0.4, -0.2) is 0 Å². The molecule has 0 aliphatic rings. The molecule has 2 heterocycles. The van der Waals surface area contributed by atoms with Crippen LogP contribution in [-0.2, 0) is 0 Å². The van der Waals surface area contributed by atoms with Crippen molar-refractivity contribution in [2.24, 2.45) is 0 Å². The Morgan fingerprint density at radius 2 is 1.16 bits per heavy atom. The molecule has 0 aliphatic carbocycles. The second kappa shape index (κ2) is 9.17. The van der Waals surface area contributed by atoms with E-state index in [1.807, 2.05) is 11.3 Å². The molecular formula is C28H21NS2. The third-order valence-corrected chi connectivity index (χ3v) is 7.13. The van der Waals surface area contributed by atoms with Crippen molar-refractivity contribution in [3.05, 3.63) is 125 Å². The van der Waals surface area contributed by atoms with Gasteiger partial charge in [-0.25, -0.2) is 0 Å². The van der Waals surface area contributed by atoms with Crippen LogP contribution in [0.25, 0.3) is 21.9 Å². The summed E-state index contributed by atoms with van der Waals surface area (Å²) in [6.45, 7) is 0. The fourth-order valence-electron chi connectivity index (χ4n) is 3.51. The van der Waals surface area contributed by atoms with Gasteiger partial charge in [0.1, 0.15) is 0 Å². The van der Waals surface area contributed by atoms with Gasteiger partial charge < -0.3 is 4.90 Å². The summed E-state index contributed by atoms with van der Waals surface area (Å²) in [6, 6.07) is 38.4. The van der Waals surface area contributed by atoms with Gasteiger partial charge in [-0.3, -0.25) is 0 Å². The highest BCUT2D eigenvalue weighted by molar-refractivity contribution is 7.21. The van der Waals surface area contributed by atoms with Gasteiger partial charge in [0, 0.05) is 31.7 Å². The van der Waals surface area contributed by atoms with E-state index in [0.717, 1.165) is 17.1 Å². The number of hydrogen-bond donors (Lipinski definition) is 0. The lowest BCUT2D eigenvalue weighted by molar-refractivity contribution is 1.28. The molecule has 0 amide bonds. The van der Waals surface area contributed by atoms with Crippen molar-refractivity contribution in [2.45, 2.75) is 0 Å². The molecule has 0 fully saturated rings. The minimum absolute atomic E-state index is 1.14. The van der Waals surface area contributed by atoms with Crippen LogP contribution in [0.1, 0.15) is 10.4 Å². The smallest absolute Gasteiger partial charge is 0.0462 e. The molecular weight excluding hydrogens is 414 g/mol. The number of hydrogen-bond acceptors (Lipinski definition) is 3. The Balaban J connectivity index is 1.39. The van der Waals surface area contributed by atoms with E-state index in [4.69, 9.17) is 0 Å². The summed E-state index contributed by atoms with van der Waals surface area (Å²) in [6.07, 6.45) is 4.38.